The molecule has 0 aliphatic rings. The van der Waals surface area contributed by atoms with Gasteiger partial charge in [-0.15, -0.1) is 0 Å². The van der Waals surface area contributed by atoms with Crippen LogP contribution in [0.4, 0.5) is 0 Å². The van der Waals surface area contributed by atoms with Crippen molar-refractivity contribution in [2.24, 2.45) is 23.7 Å². The zero-order chi connectivity index (χ0) is 11.8. The lowest BCUT2D eigenvalue weighted by Crippen LogP contribution is -2.19. The van der Waals surface area contributed by atoms with E-state index in [2.05, 4.69) is 41.5 Å². The average molecular weight is 212 g/mol. The predicted octanol–water partition coefficient (Wildman–Crippen LogP) is 5.52. The standard InChI is InChI=1S/C15H32/c1-7-13(5)15(14(6)8-2)11-9-10-12(3)4/h12-15H,7-11H2,1-6H3. The summed E-state index contributed by atoms with van der Waals surface area (Å²) in [5.74, 6) is 3.65. The third kappa shape index (κ3) is 6.22. The summed E-state index contributed by atoms with van der Waals surface area (Å²) in [7, 11) is 0. The molecule has 15 heavy (non-hydrogen) atoms. The summed E-state index contributed by atoms with van der Waals surface area (Å²) < 4.78 is 0. The molecule has 0 saturated carbocycles. The largest absolute Gasteiger partial charge is 0.0651 e. The van der Waals surface area contributed by atoms with E-state index in [9.17, 15) is 0 Å². The molecule has 0 aliphatic carbocycles. The molecule has 0 amide bonds. The molecule has 0 aliphatic heterocycles. The van der Waals surface area contributed by atoms with Gasteiger partial charge in [-0.3, -0.25) is 0 Å². The van der Waals surface area contributed by atoms with Crippen LogP contribution in [0, 0.1) is 23.7 Å². The molecule has 0 N–H and O–H groups in total. The highest BCUT2D eigenvalue weighted by Crippen LogP contribution is 2.30. The van der Waals surface area contributed by atoms with Crippen molar-refractivity contribution < 1.29 is 0 Å². The number of hydrogen-bond donors (Lipinski definition) is 0. The van der Waals surface area contributed by atoms with Gasteiger partial charge in [-0.05, 0) is 30.1 Å². The average Bonchev–Trinajstić information content (AvgIpc) is 2.22. The third-order valence-electron chi connectivity index (χ3n) is 4.07. The van der Waals surface area contributed by atoms with Crippen molar-refractivity contribution in [3.63, 3.8) is 0 Å². The molecule has 92 valence electrons. The summed E-state index contributed by atoms with van der Waals surface area (Å²) in [6.07, 6.45) is 6.97. The Bertz CT molecular complexity index is 127. The maximum absolute atomic E-state index is 2.44. The van der Waals surface area contributed by atoms with Gasteiger partial charge in [-0.2, -0.15) is 0 Å². The highest BCUT2D eigenvalue weighted by Gasteiger charge is 2.20. The van der Waals surface area contributed by atoms with Crippen LogP contribution < -0.4 is 0 Å². The molecule has 0 saturated heterocycles. The fraction of sp³-hybridized carbons (Fsp3) is 1.00. The lowest BCUT2D eigenvalue weighted by Gasteiger charge is -2.28. The van der Waals surface area contributed by atoms with Gasteiger partial charge in [-0.1, -0.05) is 67.2 Å². The van der Waals surface area contributed by atoms with Crippen LogP contribution in [0.2, 0.25) is 0 Å². The van der Waals surface area contributed by atoms with Crippen LogP contribution in [0.3, 0.4) is 0 Å². The van der Waals surface area contributed by atoms with E-state index in [1.165, 1.54) is 32.1 Å². The Morgan fingerprint density at radius 2 is 1.20 bits per heavy atom. The van der Waals surface area contributed by atoms with Gasteiger partial charge in [0.15, 0.2) is 0 Å². The molecule has 0 fully saturated rings. The molecular formula is C15H32. The van der Waals surface area contributed by atoms with Crippen LogP contribution in [0.25, 0.3) is 0 Å². The Kier molecular flexibility index (Phi) is 8.19. The first-order chi connectivity index (χ1) is 7.02. The summed E-state index contributed by atoms with van der Waals surface area (Å²) in [6, 6.07) is 0. The van der Waals surface area contributed by atoms with Crippen LogP contribution in [0.5, 0.6) is 0 Å². The van der Waals surface area contributed by atoms with E-state index in [4.69, 9.17) is 0 Å². The lowest BCUT2D eigenvalue weighted by molar-refractivity contribution is 0.219. The van der Waals surface area contributed by atoms with Crippen molar-refractivity contribution in [1.29, 1.82) is 0 Å². The molecule has 2 atom stereocenters. The van der Waals surface area contributed by atoms with Gasteiger partial charge >= 0.3 is 0 Å². The Labute approximate surface area is 97.8 Å². The van der Waals surface area contributed by atoms with Crippen LogP contribution >= 0.6 is 0 Å². The smallest absolute Gasteiger partial charge is 0.0363 e. The van der Waals surface area contributed by atoms with E-state index < -0.39 is 0 Å². The minimum atomic E-state index is 0.875. The molecule has 0 aromatic heterocycles. The van der Waals surface area contributed by atoms with Crippen molar-refractivity contribution in [3.05, 3.63) is 0 Å². The SMILES string of the molecule is CCC(C)C(CCCC(C)C)C(C)CC. The Balaban J connectivity index is 4.01. The maximum Gasteiger partial charge on any atom is -0.0363 e. The topological polar surface area (TPSA) is 0 Å². The second-order valence-electron chi connectivity index (χ2n) is 5.76. The second-order valence-corrected chi connectivity index (χ2v) is 5.76. The van der Waals surface area contributed by atoms with Gasteiger partial charge in [0, 0.05) is 0 Å². The van der Waals surface area contributed by atoms with Crippen LogP contribution in [-0.4, -0.2) is 0 Å². The maximum atomic E-state index is 2.44. The minimum Gasteiger partial charge on any atom is -0.0651 e. The first-order valence-corrected chi connectivity index (χ1v) is 7.02. The third-order valence-corrected chi connectivity index (χ3v) is 4.07. The molecule has 0 aromatic rings. The van der Waals surface area contributed by atoms with Crippen molar-refractivity contribution in [3.8, 4) is 0 Å². The van der Waals surface area contributed by atoms with Crippen LogP contribution in [-0.2, 0) is 0 Å². The van der Waals surface area contributed by atoms with E-state index in [-0.39, 0.29) is 0 Å². The van der Waals surface area contributed by atoms with Gasteiger partial charge in [-0.25, -0.2) is 0 Å². The molecule has 2 unspecified atom stereocenters. The second kappa shape index (κ2) is 8.19. The van der Waals surface area contributed by atoms with Crippen LogP contribution in [0.1, 0.15) is 73.6 Å². The fourth-order valence-corrected chi connectivity index (χ4v) is 2.50. The van der Waals surface area contributed by atoms with Gasteiger partial charge in [0.05, 0.1) is 0 Å². The predicted molar refractivity (Wildman–Crippen MR) is 71.1 cm³/mol. The van der Waals surface area contributed by atoms with Crippen molar-refractivity contribution in [1.82, 2.24) is 0 Å². The highest BCUT2D eigenvalue weighted by atomic mass is 14.3. The fourth-order valence-electron chi connectivity index (χ4n) is 2.50. The van der Waals surface area contributed by atoms with E-state index in [1.54, 1.807) is 0 Å². The van der Waals surface area contributed by atoms with E-state index >= 15 is 0 Å². The molecule has 0 heteroatoms. The first kappa shape index (κ1) is 15.0. The first-order valence-electron chi connectivity index (χ1n) is 7.02. The van der Waals surface area contributed by atoms with Gasteiger partial charge in [0.1, 0.15) is 0 Å². The molecule has 0 bridgehead atoms. The van der Waals surface area contributed by atoms with E-state index in [1.807, 2.05) is 0 Å². The monoisotopic (exact) mass is 212 g/mol. The Morgan fingerprint density at radius 1 is 0.733 bits per heavy atom. The molecular weight excluding hydrogens is 180 g/mol. The Hall–Kier alpha value is 0. The molecule has 0 spiro atoms. The van der Waals surface area contributed by atoms with Crippen molar-refractivity contribution in [2.75, 3.05) is 0 Å². The lowest BCUT2D eigenvalue weighted by atomic mass is 9.77. The Morgan fingerprint density at radius 3 is 1.53 bits per heavy atom. The molecule has 0 radical (unpaired) electrons. The molecule has 0 rings (SSSR count). The minimum absolute atomic E-state index is 0.875. The van der Waals surface area contributed by atoms with Gasteiger partial charge in [0.25, 0.3) is 0 Å². The van der Waals surface area contributed by atoms with Gasteiger partial charge < -0.3 is 0 Å². The summed E-state index contributed by atoms with van der Waals surface area (Å²) in [5, 5.41) is 0. The highest BCUT2D eigenvalue weighted by molar-refractivity contribution is 4.71. The van der Waals surface area contributed by atoms with E-state index in [0.29, 0.717) is 0 Å². The quantitative estimate of drug-likeness (QED) is 0.497. The van der Waals surface area contributed by atoms with E-state index in [0.717, 1.165) is 23.7 Å². The van der Waals surface area contributed by atoms with Crippen molar-refractivity contribution in [2.45, 2.75) is 73.6 Å². The van der Waals surface area contributed by atoms with Gasteiger partial charge in [0.2, 0.25) is 0 Å². The zero-order valence-electron chi connectivity index (χ0n) is 11.8. The number of hydrogen-bond acceptors (Lipinski definition) is 0. The normalized spacial score (nSPS) is 17.8. The number of rotatable bonds is 8. The van der Waals surface area contributed by atoms with Crippen molar-refractivity contribution >= 4 is 0 Å². The van der Waals surface area contributed by atoms with Crippen LogP contribution in [0.15, 0.2) is 0 Å². The summed E-state index contributed by atoms with van der Waals surface area (Å²) >= 11 is 0. The summed E-state index contributed by atoms with van der Waals surface area (Å²) in [5.41, 5.74) is 0. The molecule has 0 heterocycles. The zero-order valence-corrected chi connectivity index (χ0v) is 11.8. The summed E-state index contributed by atoms with van der Waals surface area (Å²) in [6.45, 7) is 14.2. The molecule has 0 aromatic carbocycles. The molecule has 0 nitrogen and oxygen atoms in total. The summed E-state index contributed by atoms with van der Waals surface area (Å²) in [4.78, 5) is 0.